The topological polar surface area (TPSA) is 35.5 Å². The Kier molecular flexibility index (Phi) is 14.5. The van der Waals surface area contributed by atoms with Crippen LogP contribution in [-0.4, -0.2) is 12.6 Å². The molecule has 0 saturated heterocycles. The van der Waals surface area contributed by atoms with Gasteiger partial charge in [0.1, 0.15) is 12.4 Å². The first-order valence-electron chi connectivity index (χ1n) is 10.4. The second-order valence-corrected chi connectivity index (χ2v) is 7.37. The van der Waals surface area contributed by atoms with Gasteiger partial charge in [0.25, 0.3) is 0 Å². The van der Waals surface area contributed by atoms with Gasteiger partial charge < -0.3 is 9.26 Å². The predicted octanol–water partition coefficient (Wildman–Crippen LogP) is 6.64. The van der Waals surface area contributed by atoms with Gasteiger partial charge in [0, 0.05) is 9.47 Å². The van der Waals surface area contributed by atoms with E-state index in [1.807, 2.05) is 24.3 Å². The number of rotatable bonds is 16. The number of carbonyl (C=O) groups excluding carboxylic acids is 1. The molecule has 0 heterocycles. The lowest BCUT2D eigenvalue weighted by atomic mass is 10.0. The van der Waals surface area contributed by atoms with Crippen LogP contribution in [0.3, 0.4) is 0 Å². The summed E-state index contributed by atoms with van der Waals surface area (Å²) in [5, 5.41) is 0. The standard InChI is InChI=1S/C22H37O3P/c1-2-3-4-5-6-7-8-9-10-11-12-13-16-20-17-14-15-18-21(20)25-22(23)19-24-26/h14-15,17-18H,2-13,16,19,26H2,1H3. The number of ether oxygens (including phenoxy) is 1. The first kappa shape index (κ1) is 23.1. The van der Waals surface area contributed by atoms with Crippen LogP contribution < -0.4 is 4.74 Å². The monoisotopic (exact) mass is 380 g/mol. The Bertz CT molecular complexity index is 476. The Morgan fingerprint density at radius 2 is 1.38 bits per heavy atom. The summed E-state index contributed by atoms with van der Waals surface area (Å²) in [4.78, 5) is 11.6. The molecule has 0 fully saturated rings. The molecule has 1 atom stereocenters. The number of carbonyl (C=O) groups is 1. The Labute approximate surface area is 162 Å². The molecule has 26 heavy (non-hydrogen) atoms. The summed E-state index contributed by atoms with van der Waals surface area (Å²) in [7, 11) is 2.07. The van der Waals surface area contributed by atoms with E-state index in [1.54, 1.807) is 0 Å². The number of hydrogen-bond acceptors (Lipinski definition) is 3. The van der Waals surface area contributed by atoms with Crippen molar-refractivity contribution in [2.24, 2.45) is 0 Å². The Morgan fingerprint density at radius 3 is 1.96 bits per heavy atom. The van der Waals surface area contributed by atoms with Gasteiger partial charge in [-0.3, -0.25) is 0 Å². The van der Waals surface area contributed by atoms with Gasteiger partial charge in [-0.25, -0.2) is 4.79 Å². The Hall–Kier alpha value is -0.920. The van der Waals surface area contributed by atoms with E-state index in [1.165, 1.54) is 70.6 Å². The highest BCUT2D eigenvalue weighted by atomic mass is 31.0. The first-order valence-corrected chi connectivity index (χ1v) is 10.8. The summed E-state index contributed by atoms with van der Waals surface area (Å²) in [5.74, 6) is 0.310. The summed E-state index contributed by atoms with van der Waals surface area (Å²) in [6, 6.07) is 7.80. The zero-order chi connectivity index (χ0) is 18.9. The van der Waals surface area contributed by atoms with E-state index in [-0.39, 0.29) is 12.6 Å². The van der Waals surface area contributed by atoms with Crippen molar-refractivity contribution in [3.8, 4) is 5.75 Å². The molecule has 3 nitrogen and oxygen atoms in total. The number of unbranched alkanes of at least 4 members (excludes halogenated alkanes) is 11. The molecule has 0 N–H and O–H groups in total. The fourth-order valence-corrected chi connectivity index (χ4v) is 3.32. The number of hydrogen-bond donors (Lipinski definition) is 0. The highest BCUT2D eigenvalue weighted by molar-refractivity contribution is 7.09. The van der Waals surface area contributed by atoms with Crippen LogP contribution in [0.5, 0.6) is 5.75 Å². The van der Waals surface area contributed by atoms with Crippen LogP contribution in [0.2, 0.25) is 0 Å². The number of aryl methyl sites for hydroxylation is 1. The summed E-state index contributed by atoms with van der Waals surface area (Å²) >= 11 is 0. The smallest absolute Gasteiger partial charge is 0.337 e. The van der Waals surface area contributed by atoms with Gasteiger partial charge in [-0.05, 0) is 24.5 Å². The molecular formula is C22H37O3P. The molecule has 0 spiro atoms. The summed E-state index contributed by atoms with van der Waals surface area (Å²) in [6.45, 7) is 2.23. The normalized spacial score (nSPS) is 10.8. The molecule has 4 heteroatoms. The van der Waals surface area contributed by atoms with Crippen LogP contribution >= 0.6 is 9.47 Å². The van der Waals surface area contributed by atoms with Gasteiger partial charge in [-0.1, -0.05) is 95.8 Å². The van der Waals surface area contributed by atoms with E-state index >= 15 is 0 Å². The molecule has 0 radical (unpaired) electrons. The maximum Gasteiger partial charge on any atom is 0.337 e. The van der Waals surface area contributed by atoms with E-state index in [4.69, 9.17) is 9.26 Å². The Balaban J connectivity index is 2.07. The Morgan fingerprint density at radius 1 is 0.846 bits per heavy atom. The molecule has 0 amide bonds. The van der Waals surface area contributed by atoms with Crippen molar-refractivity contribution in [2.75, 3.05) is 6.61 Å². The molecule has 1 aromatic rings. The van der Waals surface area contributed by atoms with Crippen molar-refractivity contribution in [3.63, 3.8) is 0 Å². The number of para-hydroxylation sites is 1. The van der Waals surface area contributed by atoms with Crippen molar-refractivity contribution < 1.29 is 14.1 Å². The third kappa shape index (κ3) is 11.6. The van der Waals surface area contributed by atoms with Gasteiger partial charge >= 0.3 is 5.97 Å². The largest absolute Gasteiger partial charge is 0.425 e. The molecule has 0 bridgehead atoms. The van der Waals surface area contributed by atoms with Gasteiger partial charge in [0.15, 0.2) is 0 Å². The molecule has 0 saturated carbocycles. The minimum atomic E-state index is -0.359. The summed E-state index contributed by atoms with van der Waals surface area (Å²) < 4.78 is 10.1. The SMILES string of the molecule is CCCCCCCCCCCCCCc1ccccc1OC(=O)COP. The fraction of sp³-hybridized carbons (Fsp3) is 0.682. The zero-order valence-corrected chi connectivity index (χ0v) is 17.7. The zero-order valence-electron chi connectivity index (χ0n) is 16.5. The molecule has 0 aliphatic rings. The van der Waals surface area contributed by atoms with Crippen LogP contribution in [0.4, 0.5) is 0 Å². The van der Waals surface area contributed by atoms with Crippen molar-refractivity contribution >= 4 is 15.4 Å². The second-order valence-electron chi connectivity index (χ2n) is 7.03. The molecule has 0 aliphatic heterocycles. The van der Waals surface area contributed by atoms with Crippen molar-refractivity contribution in [2.45, 2.75) is 90.4 Å². The summed E-state index contributed by atoms with van der Waals surface area (Å²) in [6.07, 6.45) is 17.1. The third-order valence-electron chi connectivity index (χ3n) is 4.70. The molecule has 0 aliphatic carbocycles. The minimum Gasteiger partial charge on any atom is -0.425 e. The van der Waals surface area contributed by atoms with E-state index in [0.717, 1.165) is 18.4 Å². The van der Waals surface area contributed by atoms with Gasteiger partial charge in [0.2, 0.25) is 0 Å². The molecule has 1 unspecified atom stereocenters. The maximum absolute atomic E-state index is 11.6. The first-order chi connectivity index (χ1) is 12.8. The molecular weight excluding hydrogens is 343 g/mol. The molecule has 1 rings (SSSR count). The highest BCUT2D eigenvalue weighted by Gasteiger charge is 2.08. The van der Waals surface area contributed by atoms with Crippen molar-refractivity contribution in [1.82, 2.24) is 0 Å². The highest BCUT2D eigenvalue weighted by Crippen LogP contribution is 2.21. The number of benzene rings is 1. The van der Waals surface area contributed by atoms with Gasteiger partial charge in [0.05, 0.1) is 0 Å². The van der Waals surface area contributed by atoms with Crippen molar-refractivity contribution in [1.29, 1.82) is 0 Å². The lowest BCUT2D eigenvalue weighted by Gasteiger charge is -2.09. The summed E-state index contributed by atoms with van der Waals surface area (Å²) in [5.41, 5.74) is 1.11. The van der Waals surface area contributed by atoms with Crippen LogP contribution in [0.1, 0.15) is 89.5 Å². The molecule has 1 aromatic carbocycles. The van der Waals surface area contributed by atoms with E-state index in [0.29, 0.717) is 5.75 Å². The third-order valence-corrected chi connectivity index (χ3v) is 4.86. The van der Waals surface area contributed by atoms with Crippen LogP contribution in [-0.2, 0) is 15.7 Å². The maximum atomic E-state index is 11.6. The average molecular weight is 381 g/mol. The second kappa shape index (κ2) is 16.3. The lowest BCUT2D eigenvalue weighted by molar-refractivity contribution is -0.136. The van der Waals surface area contributed by atoms with Crippen molar-refractivity contribution in [3.05, 3.63) is 29.8 Å². The quantitative estimate of drug-likeness (QED) is 0.139. The minimum absolute atomic E-state index is 0.0440. The van der Waals surface area contributed by atoms with Crippen LogP contribution in [0.15, 0.2) is 24.3 Å². The van der Waals surface area contributed by atoms with Gasteiger partial charge in [-0.15, -0.1) is 0 Å². The predicted molar refractivity (Wildman–Crippen MR) is 113 cm³/mol. The van der Waals surface area contributed by atoms with Gasteiger partial charge in [-0.2, -0.15) is 0 Å². The lowest BCUT2D eigenvalue weighted by Crippen LogP contribution is -2.13. The van der Waals surface area contributed by atoms with E-state index in [9.17, 15) is 4.79 Å². The molecule has 0 aromatic heterocycles. The van der Waals surface area contributed by atoms with E-state index < -0.39 is 0 Å². The van der Waals surface area contributed by atoms with Crippen LogP contribution in [0, 0.1) is 0 Å². The van der Waals surface area contributed by atoms with Crippen LogP contribution in [0.25, 0.3) is 0 Å². The van der Waals surface area contributed by atoms with E-state index in [2.05, 4.69) is 16.4 Å². The number of esters is 1. The average Bonchev–Trinajstić information content (AvgIpc) is 2.64. The fourth-order valence-electron chi connectivity index (χ4n) is 3.19. The molecule has 148 valence electrons.